The summed E-state index contributed by atoms with van der Waals surface area (Å²) in [5.74, 6) is 0. The van der Waals surface area contributed by atoms with E-state index in [0.717, 1.165) is 6.42 Å². The molecule has 3 heteroatoms. The number of halogens is 1. The number of hydrogen-bond acceptors (Lipinski definition) is 1. The second-order valence-electron chi connectivity index (χ2n) is 2.03. The fourth-order valence-electron chi connectivity index (χ4n) is 0.634. The molecule has 0 aliphatic heterocycles. The summed E-state index contributed by atoms with van der Waals surface area (Å²) in [4.78, 5) is 11.6. The highest BCUT2D eigenvalue weighted by Crippen LogP contribution is 1.99. The van der Waals surface area contributed by atoms with E-state index in [0.29, 0.717) is 18.1 Å². The smallest absolute Gasteiger partial charge is 0.312 e. The molecular weight excluding hydrogens is 150 g/mol. The van der Waals surface area contributed by atoms with Gasteiger partial charge in [0.2, 0.25) is 0 Å². The maximum Gasteiger partial charge on any atom is 0.312 e. The van der Waals surface area contributed by atoms with Crippen LogP contribution in [0, 0.1) is 0 Å². The minimum absolute atomic E-state index is 0.402. The van der Waals surface area contributed by atoms with Gasteiger partial charge in [-0.25, -0.2) is 0 Å². The highest BCUT2D eigenvalue weighted by Gasteiger charge is 2.00. The van der Waals surface area contributed by atoms with E-state index in [-0.39, 0.29) is 0 Å². The molecule has 2 nitrogen and oxygen atoms in total. The van der Waals surface area contributed by atoms with Gasteiger partial charge in [0, 0.05) is 11.6 Å². The average molecular weight is 161 g/mol. The first kappa shape index (κ1) is 9.50. The molecule has 0 fully saturated rings. The van der Waals surface area contributed by atoms with E-state index >= 15 is 0 Å². The van der Waals surface area contributed by atoms with Crippen LogP contribution in [0.1, 0.15) is 13.3 Å². The second kappa shape index (κ2) is 5.30. The van der Waals surface area contributed by atoms with Gasteiger partial charge in [0.15, 0.2) is 0 Å². The maximum absolute atomic E-state index is 10.1. The van der Waals surface area contributed by atoms with Gasteiger partial charge < -0.3 is 4.90 Å². The zero-order valence-corrected chi connectivity index (χ0v) is 6.82. The molecule has 0 heterocycles. The molecule has 0 bridgehead atoms. The van der Waals surface area contributed by atoms with Crippen LogP contribution in [0.3, 0.4) is 0 Å². The van der Waals surface area contributed by atoms with Crippen molar-refractivity contribution >= 4 is 18.0 Å². The molecular formula is C7H11ClNO. The Hall–Kier alpha value is -0.500. The van der Waals surface area contributed by atoms with E-state index in [4.69, 9.17) is 11.6 Å². The Balaban J connectivity index is 3.59. The van der Waals surface area contributed by atoms with Gasteiger partial charge in [0.05, 0.1) is 6.54 Å². The van der Waals surface area contributed by atoms with Gasteiger partial charge in [-0.2, -0.15) is 0 Å². The molecule has 1 amide bonds. The first-order valence-electron chi connectivity index (χ1n) is 3.16. The Morgan fingerprint density at radius 3 is 2.70 bits per heavy atom. The maximum atomic E-state index is 10.1. The van der Waals surface area contributed by atoms with Crippen molar-refractivity contribution in [1.82, 2.24) is 4.90 Å². The van der Waals surface area contributed by atoms with Crippen LogP contribution in [-0.4, -0.2) is 24.4 Å². The van der Waals surface area contributed by atoms with Crippen LogP contribution < -0.4 is 0 Å². The average Bonchev–Trinajstić information content (AvgIpc) is 1.86. The lowest BCUT2D eigenvalue weighted by molar-refractivity contribution is 0.405. The largest absolute Gasteiger partial charge is 0.329 e. The molecule has 0 atom stereocenters. The van der Waals surface area contributed by atoms with Crippen LogP contribution in [0.4, 0.5) is 0 Å². The monoisotopic (exact) mass is 160 g/mol. The van der Waals surface area contributed by atoms with Crippen molar-refractivity contribution < 1.29 is 4.79 Å². The molecule has 0 rings (SSSR count). The molecule has 0 aromatic rings. The molecule has 0 aromatic carbocycles. The van der Waals surface area contributed by atoms with E-state index in [9.17, 15) is 4.79 Å². The van der Waals surface area contributed by atoms with Crippen LogP contribution in [0.25, 0.3) is 0 Å². The number of rotatable bonds is 5. The number of carbonyl (C=O) groups excluding carboxylic acids is 1. The van der Waals surface area contributed by atoms with Crippen molar-refractivity contribution in [3.8, 4) is 0 Å². The van der Waals surface area contributed by atoms with Crippen LogP contribution in [0.2, 0.25) is 0 Å². The minimum atomic E-state index is 0.402. The van der Waals surface area contributed by atoms with Gasteiger partial charge in [-0.1, -0.05) is 25.1 Å². The fourth-order valence-corrected chi connectivity index (χ4v) is 0.778. The Kier molecular flexibility index (Phi) is 5.03. The minimum Gasteiger partial charge on any atom is -0.329 e. The molecule has 57 valence electrons. The predicted octanol–water partition coefficient (Wildman–Crippen LogP) is 1.52. The molecule has 0 aliphatic carbocycles. The fraction of sp³-hybridized carbons (Fsp3) is 0.571. The lowest BCUT2D eigenvalue weighted by Crippen LogP contribution is -2.23. The summed E-state index contributed by atoms with van der Waals surface area (Å²) >= 11 is 5.47. The van der Waals surface area contributed by atoms with Crippen molar-refractivity contribution in [3.05, 3.63) is 11.6 Å². The topological polar surface area (TPSA) is 20.3 Å². The highest BCUT2D eigenvalue weighted by atomic mass is 35.5. The van der Waals surface area contributed by atoms with Crippen molar-refractivity contribution in [3.63, 3.8) is 0 Å². The summed E-state index contributed by atoms with van der Waals surface area (Å²) in [5.41, 5.74) is 0. The number of nitrogens with zero attached hydrogens (tertiary/aromatic N) is 1. The molecule has 0 spiro atoms. The molecule has 0 saturated carbocycles. The number of amides is 1. The normalized spacial score (nSPS) is 9.00. The van der Waals surface area contributed by atoms with E-state index in [1.807, 2.05) is 6.92 Å². The molecule has 0 aliphatic rings. The van der Waals surface area contributed by atoms with Crippen molar-refractivity contribution in [1.29, 1.82) is 0 Å². The SMILES string of the molecule is C=C(Cl)CN([C]=O)CCC. The van der Waals surface area contributed by atoms with Crippen LogP contribution in [-0.2, 0) is 4.79 Å². The van der Waals surface area contributed by atoms with E-state index in [1.54, 1.807) is 6.41 Å². The lowest BCUT2D eigenvalue weighted by atomic mass is 10.4. The number of hydrogen-bond donors (Lipinski definition) is 0. The zero-order chi connectivity index (χ0) is 7.98. The Morgan fingerprint density at radius 2 is 2.40 bits per heavy atom. The third-order valence-corrected chi connectivity index (χ3v) is 1.10. The summed E-state index contributed by atoms with van der Waals surface area (Å²) in [7, 11) is 0. The lowest BCUT2D eigenvalue weighted by Gasteiger charge is -2.12. The van der Waals surface area contributed by atoms with E-state index < -0.39 is 0 Å². The second-order valence-corrected chi connectivity index (χ2v) is 2.56. The third kappa shape index (κ3) is 4.39. The molecule has 0 saturated heterocycles. The molecule has 10 heavy (non-hydrogen) atoms. The molecule has 0 aromatic heterocycles. The van der Waals surface area contributed by atoms with E-state index in [2.05, 4.69) is 6.58 Å². The predicted molar refractivity (Wildman–Crippen MR) is 42.6 cm³/mol. The van der Waals surface area contributed by atoms with Gasteiger partial charge in [-0.3, -0.25) is 4.79 Å². The third-order valence-electron chi connectivity index (χ3n) is 0.985. The first-order valence-corrected chi connectivity index (χ1v) is 3.54. The van der Waals surface area contributed by atoms with E-state index in [1.165, 1.54) is 4.90 Å². The zero-order valence-electron chi connectivity index (χ0n) is 6.06. The molecule has 0 unspecified atom stereocenters. The summed E-state index contributed by atoms with van der Waals surface area (Å²) < 4.78 is 0. The summed E-state index contributed by atoms with van der Waals surface area (Å²) in [6, 6.07) is 0. The van der Waals surface area contributed by atoms with Gasteiger partial charge in [-0.15, -0.1) is 0 Å². The Morgan fingerprint density at radius 1 is 1.80 bits per heavy atom. The highest BCUT2D eigenvalue weighted by molar-refractivity contribution is 6.29. The van der Waals surface area contributed by atoms with Crippen LogP contribution >= 0.6 is 11.6 Å². The van der Waals surface area contributed by atoms with Crippen molar-refractivity contribution in [2.45, 2.75) is 13.3 Å². The first-order chi connectivity index (χ1) is 4.70. The molecule has 1 radical (unpaired) electrons. The standard InChI is InChI=1S/C7H11ClNO/c1-3-4-9(6-10)5-7(2)8/h2-5H2,1H3. The van der Waals surface area contributed by atoms with Gasteiger partial charge >= 0.3 is 6.41 Å². The Labute approximate surface area is 66.5 Å². The van der Waals surface area contributed by atoms with Gasteiger partial charge in [-0.05, 0) is 6.42 Å². The quantitative estimate of drug-likeness (QED) is 0.559. The van der Waals surface area contributed by atoms with Gasteiger partial charge in [0.1, 0.15) is 0 Å². The molecule has 0 N–H and O–H groups in total. The summed E-state index contributed by atoms with van der Waals surface area (Å²) in [6.45, 7) is 6.55. The Bertz CT molecular complexity index is 125. The van der Waals surface area contributed by atoms with Crippen molar-refractivity contribution in [2.24, 2.45) is 0 Å². The van der Waals surface area contributed by atoms with Crippen molar-refractivity contribution in [2.75, 3.05) is 13.1 Å². The summed E-state index contributed by atoms with van der Waals surface area (Å²) in [6.07, 6.45) is 2.69. The summed E-state index contributed by atoms with van der Waals surface area (Å²) in [5, 5.41) is 0.469. The van der Waals surface area contributed by atoms with Gasteiger partial charge in [0.25, 0.3) is 0 Å². The van der Waals surface area contributed by atoms with Crippen LogP contribution in [0.5, 0.6) is 0 Å². The van der Waals surface area contributed by atoms with Crippen LogP contribution in [0.15, 0.2) is 11.6 Å².